The molecule has 0 fully saturated rings. The number of thiophene rings is 1. The Balaban J connectivity index is 1.61. The molecule has 1 amide bonds. The lowest BCUT2D eigenvalue weighted by molar-refractivity contribution is -0.113. The fourth-order valence-corrected chi connectivity index (χ4v) is 4.96. The van der Waals surface area contributed by atoms with E-state index in [1.54, 1.807) is 13.0 Å². The van der Waals surface area contributed by atoms with Crippen molar-refractivity contribution in [2.24, 2.45) is 7.05 Å². The average molecular weight is 489 g/mol. The van der Waals surface area contributed by atoms with Crippen molar-refractivity contribution in [2.45, 2.75) is 45.9 Å². The van der Waals surface area contributed by atoms with Gasteiger partial charge < -0.3 is 19.4 Å². The highest BCUT2D eigenvalue weighted by Gasteiger charge is 2.20. The van der Waals surface area contributed by atoms with E-state index in [0.29, 0.717) is 21.5 Å². The first-order valence-corrected chi connectivity index (χ1v) is 12.3. The van der Waals surface area contributed by atoms with Gasteiger partial charge in [-0.2, -0.15) is 0 Å². The summed E-state index contributed by atoms with van der Waals surface area (Å²) in [6.07, 6.45) is -0.312. The van der Waals surface area contributed by atoms with Crippen LogP contribution in [0.1, 0.15) is 52.1 Å². The molecule has 0 aliphatic rings. The molecule has 0 saturated heterocycles. The van der Waals surface area contributed by atoms with Gasteiger partial charge in [0.2, 0.25) is 5.91 Å². The molecule has 176 valence electrons. The van der Waals surface area contributed by atoms with Crippen LogP contribution in [0, 0.1) is 20.8 Å². The van der Waals surface area contributed by atoms with Crippen molar-refractivity contribution in [1.82, 2.24) is 14.8 Å². The number of esters is 1. The van der Waals surface area contributed by atoms with Gasteiger partial charge in [-0.3, -0.25) is 4.79 Å². The molecule has 8 nitrogen and oxygen atoms in total. The topological polar surface area (TPSA) is 95.3 Å². The van der Waals surface area contributed by atoms with E-state index in [1.807, 2.05) is 51.4 Å². The molecule has 0 radical (unpaired) electrons. The molecular formula is C23H28N4O4S2. The van der Waals surface area contributed by atoms with Crippen LogP contribution >= 0.6 is 23.1 Å². The lowest BCUT2D eigenvalue weighted by Gasteiger charge is -2.15. The van der Waals surface area contributed by atoms with Crippen LogP contribution in [0.5, 0.6) is 5.75 Å². The predicted octanol–water partition coefficient (Wildman–Crippen LogP) is 4.85. The number of nitrogens with zero attached hydrogens (tertiary/aromatic N) is 3. The molecule has 0 saturated carbocycles. The minimum Gasteiger partial charge on any atom is -0.483 e. The van der Waals surface area contributed by atoms with Crippen molar-refractivity contribution >= 4 is 40.0 Å². The molecule has 1 aromatic carbocycles. The second kappa shape index (κ2) is 10.8. The zero-order chi connectivity index (χ0) is 24.1. The predicted molar refractivity (Wildman–Crippen MR) is 130 cm³/mol. The van der Waals surface area contributed by atoms with Crippen LogP contribution in [0.3, 0.4) is 0 Å². The minimum atomic E-state index is -0.444. The summed E-state index contributed by atoms with van der Waals surface area (Å²) in [5.74, 6) is 0.880. The second-order valence-electron chi connectivity index (χ2n) is 7.64. The molecule has 3 aromatic rings. The highest BCUT2D eigenvalue weighted by atomic mass is 32.2. The number of amides is 1. The van der Waals surface area contributed by atoms with E-state index in [-0.39, 0.29) is 24.4 Å². The molecule has 0 spiro atoms. The normalized spacial score (nSPS) is 11.8. The van der Waals surface area contributed by atoms with Gasteiger partial charge in [0, 0.05) is 11.9 Å². The van der Waals surface area contributed by atoms with Gasteiger partial charge in [-0.1, -0.05) is 17.8 Å². The van der Waals surface area contributed by atoms with Crippen LogP contribution in [0.4, 0.5) is 5.00 Å². The number of aromatic nitrogens is 3. The van der Waals surface area contributed by atoms with Crippen LogP contribution in [0.2, 0.25) is 0 Å². The van der Waals surface area contributed by atoms with Crippen LogP contribution in [-0.4, -0.2) is 39.0 Å². The van der Waals surface area contributed by atoms with E-state index in [4.69, 9.17) is 9.47 Å². The molecule has 33 heavy (non-hydrogen) atoms. The fraction of sp³-hybridized carbons (Fsp3) is 0.391. The highest BCUT2D eigenvalue weighted by Crippen LogP contribution is 2.29. The molecule has 1 N–H and O–H groups in total. The standard InChI is InChI=1S/C23H28N4O4S2/c1-7-30-22(29)18-11-15(4)33-21(18)24-19(28)12-32-23-26-25-20(27(23)6)16(5)31-17-9-13(2)8-14(3)10-17/h8-11,16H,7,12H2,1-6H3,(H,24,28). The first-order chi connectivity index (χ1) is 15.7. The number of carbonyl (C=O) groups is 2. The summed E-state index contributed by atoms with van der Waals surface area (Å²) in [6, 6.07) is 7.78. The Morgan fingerprint density at radius 3 is 2.52 bits per heavy atom. The van der Waals surface area contributed by atoms with Crippen LogP contribution < -0.4 is 10.1 Å². The van der Waals surface area contributed by atoms with E-state index in [1.165, 1.54) is 23.1 Å². The fourth-order valence-electron chi connectivity index (χ4n) is 3.32. The summed E-state index contributed by atoms with van der Waals surface area (Å²) in [6.45, 7) is 9.87. The van der Waals surface area contributed by atoms with Gasteiger partial charge in [0.15, 0.2) is 17.1 Å². The number of carbonyl (C=O) groups excluding carboxylic acids is 2. The van der Waals surface area contributed by atoms with Crippen LogP contribution in [0.25, 0.3) is 0 Å². The molecule has 3 rings (SSSR count). The van der Waals surface area contributed by atoms with Crippen molar-refractivity contribution in [1.29, 1.82) is 0 Å². The van der Waals surface area contributed by atoms with Gasteiger partial charge in [-0.15, -0.1) is 21.5 Å². The summed E-state index contributed by atoms with van der Waals surface area (Å²) in [4.78, 5) is 25.6. The summed E-state index contributed by atoms with van der Waals surface area (Å²) in [7, 11) is 1.85. The summed E-state index contributed by atoms with van der Waals surface area (Å²) in [5, 5.41) is 12.4. The Bertz CT molecular complexity index is 1140. The third-order valence-corrected chi connectivity index (χ3v) is 6.66. The number of anilines is 1. The van der Waals surface area contributed by atoms with E-state index >= 15 is 0 Å². The number of nitrogens with one attached hydrogen (secondary N) is 1. The Morgan fingerprint density at radius 1 is 1.15 bits per heavy atom. The average Bonchev–Trinajstić information content (AvgIpc) is 3.28. The van der Waals surface area contributed by atoms with Gasteiger partial charge in [0.1, 0.15) is 10.8 Å². The Morgan fingerprint density at radius 2 is 1.85 bits per heavy atom. The van der Waals surface area contributed by atoms with Gasteiger partial charge in [-0.05, 0) is 63.9 Å². The van der Waals surface area contributed by atoms with Gasteiger partial charge >= 0.3 is 5.97 Å². The van der Waals surface area contributed by atoms with Crippen LogP contribution in [0.15, 0.2) is 29.4 Å². The van der Waals surface area contributed by atoms with E-state index in [2.05, 4.69) is 21.6 Å². The molecule has 0 aliphatic heterocycles. The molecule has 2 heterocycles. The number of benzene rings is 1. The lowest BCUT2D eigenvalue weighted by atomic mass is 10.1. The van der Waals surface area contributed by atoms with E-state index in [0.717, 1.165) is 21.8 Å². The summed E-state index contributed by atoms with van der Waals surface area (Å²) >= 11 is 2.61. The van der Waals surface area contributed by atoms with E-state index in [9.17, 15) is 9.59 Å². The zero-order valence-electron chi connectivity index (χ0n) is 19.6. The molecule has 10 heteroatoms. The van der Waals surface area contributed by atoms with Crippen molar-refractivity contribution in [3.05, 3.63) is 51.7 Å². The molecule has 1 unspecified atom stereocenters. The first kappa shape index (κ1) is 24.8. The SMILES string of the molecule is CCOC(=O)c1cc(C)sc1NC(=O)CSc1nnc(C(C)Oc2cc(C)cc(C)c2)n1C. The maximum atomic E-state index is 12.5. The van der Waals surface area contributed by atoms with Gasteiger partial charge in [0.05, 0.1) is 17.9 Å². The van der Waals surface area contributed by atoms with Crippen LogP contribution in [-0.2, 0) is 16.6 Å². The van der Waals surface area contributed by atoms with Crippen molar-refractivity contribution in [3.8, 4) is 5.75 Å². The van der Waals surface area contributed by atoms with E-state index < -0.39 is 5.97 Å². The van der Waals surface area contributed by atoms with Crippen molar-refractivity contribution < 1.29 is 19.1 Å². The molecular weight excluding hydrogens is 460 g/mol. The van der Waals surface area contributed by atoms with Crippen molar-refractivity contribution in [3.63, 3.8) is 0 Å². The number of thioether (sulfide) groups is 1. The Labute approximate surface area is 201 Å². The number of aryl methyl sites for hydroxylation is 3. The monoisotopic (exact) mass is 488 g/mol. The van der Waals surface area contributed by atoms with Gasteiger partial charge in [0.25, 0.3) is 0 Å². The first-order valence-electron chi connectivity index (χ1n) is 10.5. The Kier molecular flexibility index (Phi) is 8.15. The minimum absolute atomic E-state index is 0.123. The van der Waals surface area contributed by atoms with Crippen molar-refractivity contribution in [2.75, 3.05) is 17.7 Å². The molecule has 2 aromatic heterocycles. The number of hydrogen-bond acceptors (Lipinski definition) is 8. The number of rotatable bonds is 9. The third kappa shape index (κ3) is 6.35. The maximum Gasteiger partial charge on any atom is 0.341 e. The number of hydrogen-bond donors (Lipinski definition) is 1. The molecule has 0 aliphatic carbocycles. The molecule has 0 bridgehead atoms. The third-order valence-electron chi connectivity index (χ3n) is 4.68. The zero-order valence-corrected chi connectivity index (χ0v) is 21.2. The highest BCUT2D eigenvalue weighted by molar-refractivity contribution is 7.99. The van der Waals surface area contributed by atoms with Gasteiger partial charge in [-0.25, -0.2) is 4.79 Å². The number of ether oxygens (including phenoxy) is 2. The lowest BCUT2D eigenvalue weighted by Crippen LogP contribution is -2.16. The molecule has 1 atom stereocenters. The quantitative estimate of drug-likeness (QED) is 0.340. The largest absolute Gasteiger partial charge is 0.483 e. The maximum absolute atomic E-state index is 12.5. The smallest absolute Gasteiger partial charge is 0.341 e. The Hall–Kier alpha value is -2.85. The summed E-state index contributed by atoms with van der Waals surface area (Å²) in [5.41, 5.74) is 2.63. The summed E-state index contributed by atoms with van der Waals surface area (Å²) < 4.78 is 13.0. The second-order valence-corrected chi connectivity index (χ2v) is 9.84.